The van der Waals surface area contributed by atoms with E-state index in [1.54, 1.807) is 0 Å². The van der Waals surface area contributed by atoms with Crippen LogP contribution >= 0.6 is 11.3 Å². The Kier molecular flexibility index (Phi) is 6.20. The summed E-state index contributed by atoms with van der Waals surface area (Å²) in [6.45, 7) is 12.5. The summed E-state index contributed by atoms with van der Waals surface area (Å²) in [7, 11) is 2.21. The Morgan fingerprint density at radius 3 is 2.62 bits per heavy atom. The van der Waals surface area contributed by atoms with Gasteiger partial charge in [-0.2, -0.15) is 0 Å². The number of rotatable bonds is 7. The predicted octanol–water partition coefficient (Wildman–Crippen LogP) is 3.53. The lowest BCUT2D eigenvalue weighted by Gasteiger charge is -2.37. The predicted molar refractivity (Wildman–Crippen MR) is 118 cm³/mol. The number of hydrogen-bond donors (Lipinski definition) is 1. The number of likely N-dealkylation sites (N-methyl/N-ethyl adjacent to an activating group) is 1. The molecule has 1 aliphatic heterocycles. The van der Waals surface area contributed by atoms with E-state index in [4.69, 9.17) is 4.52 Å². The van der Waals surface area contributed by atoms with E-state index in [1.807, 2.05) is 24.3 Å². The van der Waals surface area contributed by atoms with Gasteiger partial charge in [-0.1, -0.05) is 11.2 Å². The highest BCUT2D eigenvalue weighted by Crippen LogP contribution is 2.26. The zero-order chi connectivity index (χ0) is 20.4. The lowest BCUT2D eigenvalue weighted by atomic mass is 10.1. The quantitative estimate of drug-likeness (QED) is 0.642. The minimum Gasteiger partial charge on any atom is -0.360 e. The number of piperazine rings is 1. The van der Waals surface area contributed by atoms with Crippen molar-refractivity contribution in [1.82, 2.24) is 24.8 Å². The summed E-state index contributed by atoms with van der Waals surface area (Å²) in [5, 5.41) is 10.1. The number of nitrogens with one attached hydrogen (secondary N) is 1. The molecule has 0 aromatic carbocycles. The summed E-state index contributed by atoms with van der Waals surface area (Å²) in [5.41, 5.74) is 3.71. The van der Waals surface area contributed by atoms with E-state index in [0.717, 1.165) is 50.8 Å². The Labute approximate surface area is 177 Å². The topological polar surface area (TPSA) is 49.5 Å². The highest BCUT2D eigenvalue weighted by atomic mass is 32.1. The monoisotopic (exact) mass is 413 g/mol. The van der Waals surface area contributed by atoms with Gasteiger partial charge in [0, 0.05) is 61.6 Å². The van der Waals surface area contributed by atoms with Crippen LogP contribution in [0.1, 0.15) is 33.6 Å². The molecule has 0 amide bonds. The van der Waals surface area contributed by atoms with Gasteiger partial charge in [-0.15, -0.1) is 11.3 Å². The van der Waals surface area contributed by atoms with E-state index in [9.17, 15) is 0 Å². The highest BCUT2D eigenvalue weighted by Gasteiger charge is 2.24. The number of thiophene rings is 1. The maximum Gasteiger partial charge on any atom is 0.180 e. The molecule has 1 fully saturated rings. The summed E-state index contributed by atoms with van der Waals surface area (Å²) in [5.74, 6) is 1.69. The fourth-order valence-electron chi connectivity index (χ4n) is 4.19. The maximum absolute atomic E-state index is 5.27. The molecule has 4 heterocycles. The normalized spacial score (nSPS) is 17.1. The second-order valence-electron chi connectivity index (χ2n) is 8.03. The lowest BCUT2D eigenvalue weighted by molar-refractivity contribution is 0.111. The van der Waals surface area contributed by atoms with Crippen molar-refractivity contribution >= 4 is 11.3 Å². The molecule has 3 aromatic heterocycles. The number of nitrogens with zero attached hydrogens (tertiary/aromatic N) is 4. The van der Waals surface area contributed by atoms with Gasteiger partial charge in [0.2, 0.25) is 0 Å². The zero-order valence-corrected chi connectivity index (χ0v) is 18.6. The molecule has 0 aliphatic carbocycles. The molecule has 6 nitrogen and oxygen atoms in total. The van der Waals surface area contributed by atoms with Crippen LogP contribution < -0.4 is 5.32 Å². The minimum atomic E-state index is 0.436. The molecule has 3 aromatic rings. The zero-order valence-electron chi connectivity index (χ0n) is 17.8. The van der Waals surface area contributed by atoms with Crippen LogP contribution in [-0.2, 0) is 6.54 Å². The average Bonchev–Trinajstić information content (AvgIpc) is 3.42. The third-order valence-corrected chi connectivity index (χ3v) is 6.86. The largest absolute Gasteiger partial charge is 0.360 e. The van der Waals surface area contributed by atoms with Crippen molar-refractivity contribution in [2.24, 2.45) is 0 Å². The van der Waals surface area contributed by atoms with Crippen molar-refractivity contribution in [3.05, 3.63) is 57.2 Å². The lowest BCUT2D eigenvalue weighted by Crippen LogP contribution is -2.47. The molecule has 156 valence electrons. The molecule has 4 rings (SSSR count). The summed E-state index contributed by atoms with van der Waals surface area (Å²) in [6, 6.07) is 9.11. The van der Waals surface area contributed by atoms with Crippen molar-refractivity contribution in [3.63, 3.8) is 0 Å². The van der Waals surface area contributed by atoms with Gasteiger partial charge >= 0.3 is 0 Å². The van der Waals surface area contributed by atoms with E-state index in [2.05, 4.69) is 69.3 Å². The molecule has 0 saturated carbocycles. The van der Waals surface area contributed by atoms with E-state index in [1.165, 1.54) is 21.8 Å². The first-order valence-corrected chi connectivity index (χ1v) is 11.2. The number of hydrogen-bond acceptors (Lipinski definition) is 6. The van der Waals surface area contributed by atoms with Crippen molar-refractivity contribution in [2.75, 3.05) is 39.8 Å². The van der Waals surface area contributed by atoms with Gasteiger partial charge in [-0.3, -0.25) is 4.90 Å². The van der Waals surface area contributed by atoms with Crippen LogP contribution in [0.4, 0.5) is 0 Å². The maximum atomic E-state index is 5.27. The van der Waals surface area contributed by atoms with Crippen molar-refractivity contribution in [3.8, 4) is 5.82 Å². The van der Waals surface area contributed by atoms with Gasteiger partial charge in [0.25, 0.3) is 0 Å². The highest BCUT2D eigenvalue weighted by molar-refractivity contribution is 7.10. The summed E-state index contributed by atoms with van der Waals surface area (Å²) < 4.78 is 7.44. The van der Waals surface area contributed by atoms with Crippen LogP contribution in [0.25, 0.3) is 5.82 Å². The average molecular weight is 414 g/mol. The van der Waals surface area contributed by atoms with Gasteiger partial charge < -0.3 is 19.3 Å². The van der Waals surface area contributed by atoms with Gasteiger partial charge in [0.1, 0.15) is 5.76 Å². The second kappa shape index (κ2) is 8.83. The van der Waals surface area contributed by atoms with Crippen molar-refractivity contribution in [1.29, 1.82) is 0 Å². The Balaban J connectivity index is 1.44. The Morgan fingerprint density at radius 1 is 1.17 bits per heavy atom. The fourth-order valence-corrected chi connectivity index (χ4v) is 5.05. The Bertz CT molecular complexity index is 921. The molecule has 7 heteroatoms. The molecule has 1 saturated heterocycles. The van der Waals surface area contributed by atoms with Gasteiger partial charge in [-0.05, 0) is 50.9 Å². The fraction of sp³-hybridized carbons (Fsp3) is 0.500. The summed E-state index contributed by atoms with van der Waals surface area (Å²) in [6.07, 6.45) is 0. The molecule has 1 atom stereocenters. The molecular weight excluding hydrogens is 382 g/mol. The smallest absolute Gasteiger partial charge is 0.180 e. The molecule has 0 bridgehead atoms. The van der Waals surface area contributed by atoms with E-state index >= 15 is 0 Å². The number of aryl methyl sites for hydroxylation is 2. The first-order valence-electron chi connectivity index (χ1n) is 10.3. The van der Waals surface area contributed by atoms with E-state index in [-0.39, 0.29) is 0 Å². The molecule has 1 unspecified atom stereocenters. The second-order valence-corrected chi connectivity index (χ2v) is 9.01. The van der Waals surface area contributed by atoms with Crippen LogP contribution in [0.2, 0.25) is 0 Å². The van der Waals surface area contributed by atoms with Gasteiger partial charge in [0.05, 0.1) is 6.04 Å². The summed E-state index contributed by atoms with van der Waals surface area (Å²) >= 11 is 1.86. The SMILES string of the molecule is Cc1cc(-n2c(C)cc(CNCC(c3cccs3)N3CCN(C)CC3)c2C)no1. The molecule has 1 aliphatic rings. The van der Waals surface area contributed by atoms with E-state index < -0.39 is 0 Å². The van der Waals surface area contributed by atoms with Crippen LogP contribution in [0.15, 0.2) is 34.2 Å². The Hall–Kier alpha value is -1.93. The third-order valence-electron chi connectivity index (χ3n) is 5.88. The van der Waals surface area contributed by atoms with E-state index in [0.29, 0.717) is 6.04 Å². The van der Waals surface area contributed by atoms with Gasteiger partial charge in [0.15, 0.2) is 5.82 Å². The minimum absolute atomic E-state index is 0.436. The van der Waals surface area contributed by atoms with Crippen LogP contribution in [-0.4, -0.2) is 59.3 Å². The standard InChI is InChI=1S/C22H31N5OS/c1-16-12-19(18(3)27(16)22-13-17(2)28-24-22)14-23-15-20(21-6-5-11-29-21)26-9-7-25(4)8-10-26/h5-6,11-13,20,23H,7-10,14-15H2,1-4H3. The first kappa shape index (κ1) is 20.3. The molecule has 1 N–H and O–H groups in total. The Morgan fingerprint density at radius 2 is 1.97 bits per heavy atom. The molecule has 29 heavy (non-hydrogen) atoms. The van der Waals surface area contributed by atoms with Crippen LogP contribution in [0, 0.1) is 20.8 Å². The molecular formula is C22H31N5OS. The number of aromatic nitrogens is 2. The first-order chi connectivity index (χ1) is 14.0. The van der Waals surface area contributed by atoms with Crippen LogP contribution in [0.3, 0.4) is 0 Å². The third kappa shape index (κ3) is 4.48. The van der Waals surface area contributed by atoms with Crippen LogP contribution in [0.5, 0.6) is 0 Å². The molecule has 0 spiro atoms. The van der Waals surface area contributed by atoms with Gasteiger partial charge in [-0.25, -0.2) is 0 Å². The molecule has 0 radical (unpaired) electrons. The summed E-state index contributed by atoms with van der Waals surface area (Å²) in [4.78, 5) is 6.49. The van der Waals surface area contributed by atoms with Crippen molar-refractivity contribution < 1.29 is 4.52 Å². The van der Waals surface area contributed by atoms with Crippen molar-refractivity contribution in [2.45, 2.75) is 33.4 Å².